The molecule has 7 heteroatoms. The third kappa shape index (κ3) is 8.96. The van der Waals surface area contributed by atoms with E-state index in [-0.39, 0.29) is 18.4 Å². The molecule has 1 aromatic rings. The van der Waals surface area contributed by atoms with Gasteiger partial charge in [-0.05, 0) is 51.7 Å². The molecule has 182 valence electrons. The fourth-order valence-electron chi connectivity index (χ4n) is 3.27. The molecule has 3 unspecified atom stereocenters. The molecule has 0 spiro atoms. The van der Waals surface area contributed by atoms with Crippen LogP contribution in [0.1, 0.15) is 46.1 Å². The van der Waals surface area contributed by atoms with Gasteiger partial charge in [-0.2, -0.15) is 0 Å². The van der Waals surface area contributed by atoms with Crippen molar-refractivity contribution in [1.29, 1.82) is 0 Å². The molecule has 1 rings (SSSR count). The summed E-state index contributed by atoms with van der Waals surface area (Å²) in [7, 11) is 0. The Bertz CT molecular complexity index is 846. The molecule has 3 atom stereocenters. The van der Waals surface area contributed by atoms with Crippen molar-refractivity contribution in [2.24, 2.45) is 11.5 Å². The first-order chi connectivity index (χ1) is 15.3. The molecule has 0 bridgehead atoms. The van der Waals surface area contributed by atoms with Crippen LogP contribution in [-0.4, -0.2) is 46.2 Å². The van der Waals surface area contributed by atoms with Crippen molar-refractivity contribution < 1.29 is 14.7 Å². The van der Waals surface area contributed by atoms with E-state index in [1.54, 1.807) is 45.9 Å². The van der Waals surface area contributed by atoms with Crippen molar-refractivity contribution in [3.63, 3.8) is 0 Å². The SMILES string of the molecule is C=C/C=C(\C=C)CC(N)CC(=O)NC(C)(C)C(C)(C)NC(=O)C(O)C(N)Cc1ccccc1. The third-order valence-electron chi connectivity index (χ3n) is 5.98. The number of rotatable bonds is 13. The fourth-order valence-corrected chi connectivity index (χ4v) is 3.27. The van der Waals surface area contributed by atoms with Crippen molar-refractivity contribution in [2.45, 2.75) is 76.2 Å². The number of hydrogen-bond donors (Lipinski definition) is 5. The van der Waals surface area contributed by atoms with Crippen molar-refractivity contribution in [1.82, 2.24) is 10.6 Å². The van der Waals surface area contributed by atoms with Crippen molar-refractivity contribution in [2.75, 3.05) is 0 Å². The van der Waals surface area contributed by atoms with Gasteiger partial charge in [-0.1, -0.05) is 61.7 Å². The van der Waals surface area contributed by atoms with Gasteiger partial charge in [-0.3, -0.25) is 9.59 Å². The van der Waals surface area contributed by atoms with Crippen LogP contribution >= 0.6 is 0 Å². The molecule has 0 radical (unpaired) electrons. The van der Waals surface area contributed by atoms with E-state index in [0.29, 0.717) is 12.8 Å². The summed E-state index contributed by atoms with van der Waals surface area (Å²) >= 11 is 0. The van der Waals surface area contributed by atoms with Gasteiger partial charge in [0, 0.05) is 18.5 Å². The average Bonchev–Trinajstić information content (AvgIpc) is 2.72. The van der Waals surface area contributed by atoms with Gasteiger partial charge in [0.1, 0.15) is 6.10 Å². The standard InChI is InChI=1S/C26H40N4O3/c1-7-12-18(8-2)15-20(27)17-22(31)29-25(3,4)26(5,6)30-24(33)23(32)21(28)16-19-13-10-9-11-14-19/h7-14,20-21,23,32H,1-2,15-17,27-28H2,3-6H3,(H,29,31)(H,30,33)/b18-12+. The summed E-state index contributed by atoms with van der Waals surface area (Å²) < 4.78 is 0. The molecule has 0 heterocycles. The topological polar surface area (TPSA) is 130 Å². The normalized spacial score (nSPS) is 15.2. The van der Waals surface area contributed by atoms with Crippen LogP contribution in [-0.2, 0) is 16.0 Å². The largest absolute Gasteiger partial charge is 0.382 e. The smallest absolute Gasteiger partial charge is 0.250 e. The quantitative estimate of drug-likeness (QED) is 0.290. The maximum absolute atomic E-state index is 12.7. The number of allylic oxidation sites excluding steroid dienone is 3. The molecule has 0 aliphatic rings. The number of aliphatic hydroxyl groups excluding tert-OH is 1. The van der Waals surface area contributed by atoms with Crippen molar-refractivity contribution in [3.05, 3.63) is 72.9 Å². The molecular formula is C26H40N4O3. The van der Waals surface area contributed by atoms with Crippen LogP contribution in [0.5, 0.6) is 0 Å². The Morgan fingerprint density at radius 3 is 2.15 bits per heavy atom. The van der Waals surface area contributed by atoms with E-state index in [1.807, 2.05) is 30.3 Å². The highest BCUT2D eigenvalue weighted by Crippen LogP contribution is 2.22. The maximum atomic E-state index is 12.7. The summed E-state index contributed by atoms with van der Waals surface area (Å²) in [6.07, 6.45) is 4.73. The Morgan fingerprint density at radius 1 is 1.03 bits per heavy atom. The van der Waals surface area contributed by atoms with E-state index in [0.717, 1.165) is 11.1 Å². The molecular weight excluding hydrogens is 416 g/mol. The van der Waals surface area contributed by atoms with Gasteiger partial charge in [-0.15, -0.1) is 0 Å². The van der Waals surface area contributed by atoms with Crippen LogP contribution in [0, 0.1) is 0 Å². The summed E-state index contributed by atoms with van der Waals surface area (Å²) in [5, 5.41) is 16.3. The van der Waals surface area contributed by atoms with Gasteiger partial charge < -0.3 is 27.2 Å². The summed E-state index contributed by atoms with van der Waals surface area (Å²) in [5.41, 5.74) is 12.3. The first-order valence-electron chi connectivity index (χ1n) is 11.1. The van der Waals surface area contributed by atoms with Gasteiger partial charge in [0.25, 0.3) is 5.91 Å². The van der Waals surface area contributed by atoms with E-state index in [1.165, 1.54) is 0 Å². The minimum Gasteiger partial charge on any atom is -0.382 e. The van der Waals surface area contributed by atoms with Gasteiger partial charge in [0.2, 0.25) is 5.91 Å². The Morgan fingerprint density at radius 2 is 1.61 bits per heavy atom. The highest BCUT2D eigenvalue weighted by atomic mass is 16.3. The molecule has 0 aliphatic heterocycles. The number of hydrogen-bond acceptors (Lipinski definition) is 5. The van der Waals surface area contributed by atoms with Crippen LogP contribution in [0.25, 0.3) is 0 Å². The molecule has 0 fully saturated rings. The second-order valence-corrected chi connectivity index (χ2v) is 9.44. The van der Waals surface area contributed by atoms with Crippen LogP contribution in [0.15, 0.2) is 67.3 Å². The molecule has 0 aromatic heterocycles. The van der Waals surface area contributed by atoms with E-state index in [9.17, 15) is 14.7 Å². The van der Waals surface area contributed by atoms with Crippen LogP contribution in [0.3, 0.4) is 0 Å². The lowest BCUT2D eigenvalue weighted by Gasteiger charge is -2.43. The minimum absolute atomic E-state index is 0.111. The van der Waals surface area contributed by atoms with Gasteiger partial charge in [0.05, 0.1) is 11.1 Å². The Hall–Kier alpha value is -2.74. The molecule has 0 saturated carbocycles. The van der Waals surface area contributed by atoms with Crippen molar-refractivity contribution in [3.8, 4) is 0 Å². The average molecular weight is 457 g/mol. The lowest BCUT2D eigenvalue weighted by atomic mass is 9.81. The highest BCUT2D eigenvalue weighted by molar-refractivity contribution is 5.82. The summed E-state index contributed by atoms with van der Waals surface area (Å²) in [5.74, 6) is -0.828. The Kier molecular flexibility index (Phi) is 10.7. The molecule has 2 amide bonds. The van der Waals surface area contributed by atoms with Gasteiger partial charge in [0.15, 0.2) is 0 Å². The molecule has 33 heavy (non-hydrogen) atoms. The van der Waals surface area contributed by atoms with Gasteiger partial charge in [-0.25, -0.2) is 0 Å². The summed E-state index contributed by atoms with van der Waals surface area (Å²) in [6, 6.07) is 8.28. The molecule has 7 nitrogen and oxygen atoms in total. The molecule has 0 saturated heterocycles. The maximum Gasteiger partial charge on any atom is 0.250 e. The zero-order chi connectivity index (χ0) is 25.2. The number of nitrogens with two attached hydrogens (primary N) is 2. The summed E-state index contributed by atoms with van der Waals surface area (Å²) in [6.45, 7) is 14.6. The lowest BCUT2D eigenvalue weighted by Crippen LogP contribution is -2.67. The van der Waals surface area contributed by atoms with Crippen molar-refractivity contribution >= 4 is 11.8 Å². The highest BCUT2D eigenvalue weighted by Gasteiger charge is 2.41. The second kappa shape index (κ2) is 12.5. The number of aliphatic hydroxyl groups is 1. The monoisotopic (exact) mass is 456 g/mol. The summed E-state index contributed by atoms with van der Waals surface area (Å²) in [4.78, 5) is 25.4. The minimum atomic E-state index is -1.39. The number of amides is 2. The lowest BCUT2D eigenvalue weighted by molar-refractivity contribution is -0.134. The predicted molar refractivity (Wildman–Crippen MR) is 134 cm³/mol. The molecule has 1 aromatic carbocycles. The Balaban J connectivity index is 2.71. The number of nitrogens with one attached hydrogen (secondary N) is 2. The number of carbonyl (C=O) groups is 2. The zero-order valence-electron chi connectivity index (χ0n) is 20.3. The Labute approximate surface area is 198 Å². The van der Waals surface area contributed by atoms with Crippen LogP contribution < -0.4 is 22.1 Å². The molecule has 0 aliphatic carbocycles. The fraction of sp³-hybridized carbons (Fsp3) is 0.462. The first kappa shape index (κ1) is 28.3. The van der Waals surface area contributed by atoms with Gasteiger partial charge >= 0.3 is 0 Å². The second-order valence-electron chi connectivity index (χ2n) is 9.44. The third-order valence-corrected chi connectivity index (χ3v) is 5.98. The predicted octanol–water partition coefficient (Wildman–Crippen LogP) is 2.11. The van der Waals surface area contributed by atoms with E-state index < -0.39 is 29.1 Å². The van der Waals surface area contributed by atoms with E-state index >= 15 is 0 Å². The first-order valence-corrected chi connectivity index (χ1v) is 11.1. The van der Waals surface area contributed by atoms with E-state index in [4.69, 9.17) is 11.5 Å². The number of benzene rings is 1. The van der Waals surface area contributed by atoms with Crippen LogP contribution in [0.2, 0.25) is 0 Å². The number of carbonyl (C=O) groups excluding carboxylic acids is 2. The van der Waals surface area contributed by atoms with Crippen LogP contribution in [0.4, 0.5) is 0 Å². The zero-order valence-corrected chi connectivity index (χ0v) is 20.3. The van der Waals surface area contributed by atoms with E-state index in [2.05, 4.69) is 23.8 Å². The molecule has 7 N–H and O–H groups in total.